The molecule has 142 valence electrons. The maximum Gasteiger partial charge on any atom is 0.231 e. The van der Waals surface area contributed by atoms with Crippen LogP contribution in [-0.4, -0.2) is 40.4 Å². The first-order valence-corrected chi connectivity index (χ1v) is 10.1. The van der Waals surface area contributed by atoms with E-state index in [0.29, 0.717) is 6.79 Å². The second-order valence-electron chi connectivity index (χ2n) is 7.71. The molecule has 28 heavy (non-hydrogen) atoms. The Labute approximate surface area is 162 Å². The smallest absolute Gasteiger partial charge is 0.231 e. The lowest BCUT2D eigenvalue weighted by Gasteiger charge is -2.12. The van der Waals surface area contributed by atoms with Crippen molar-refractivity contribution in [1.82, 2.24) is 14.0 Å². The lowest BCUT2D eigenvalue weighted by atomic mass is 10.1. The van der Waals surface area contributed by atoms with Crippen LogP contribution in [0.2, 0.25) is 0 Å². The molecular formula is C22H23N4O2+. The summed E-state index contributed by atoms with van der Waals surface area (Å²) in [5.74, 6) is 2.60. The zero-order valence-electron chi connectivity index (χ0n) is 15.7. The molecule has 1 N–H and O–H groups in total. The molecule has 0 saturated carbocycles. The quantitative estimate of drug-likeness (QED) is 0.596. The van der Waals surface area contributed by atoms with E-state index in [1.165, 1.54) is 37.0 Å². The molecular weight excluding hydrogens is 352 g/mol. The number of likely N-dealkylation sites (tertiary alicyclic amines) is 1. The van der Waals surface area contributed by atoms with Crippen LogP contribution in [-0.2, 0) is 6.54 Å². The SMILES string of the molecule is c1ccc2c(c1)n(CC[NH+]1CCCC1)c1nc(-c3ccc4c(c3)OCO4)cn21. The minimum atomic E-state index is 0.290. The van der Waals surface area contributed by atoms with E-state index >= 15 is 0 Å². The van der Waals surface area contributed by atoms with Crippen LogP contribution in [0.25, 0.3) is 28.1 Å². The molecule has 2 aliphatic heterocycles. The van der Waals surface area contributed by atoms with Crippen LogP contribution in [0.4, 0.5) is 0 Å². The summed E-state index contributed by atoms with van der Waals surface area (Å²) >= 11 is 0. The number of imidazole rings is 2. The van der Waals surface area contributed by atoms with Gasteiger partial charge in [-0.15, -0.1) is 0 Å². The van der Waals surface area contributed by atoms with Crippen molar-refractivity contribution in [2.45, 2.75) is 19.4 Å². The summed E-state index contributed by atoms with van der Waals surface area (Å²) in [6.45, 7) is 5.03. The van der Waals surface area contributed by atoms with Gasteiger partial charge in [-0.2, -0.15) is 0 Å². The summed E-state index contributed by atoms with van der Waals surface area (Å²) in [5, 5.41) is 0. The molecule has 2 aromatic carbocycles. The van der Waals surface area contributed by atoms with Crippen molar-refractivity contribution in [1.29, 1.82) is 0 Å². The first-order valence-electron chi connectivity index (χ1n) is 10.1. The molecule has 0 amide bonds. The molecule has 1 saturated heterocycles. The Kier molecular flexibility index (Phi) is 3.59. The number of ether oxygens (including phenoxy) is 2. The highest BCUT2D eigenvalue weighted by Crippen LogP contribution is 2.36. The first-order chi connectivity index (χ1) is 13.9. The van der Waals surface area contributed by atoms with Crippen molar-refractivity contribution in [2.75, 3.05) is 26.4 Å². The molecule has 4 aromatic rings. The summed E-state index contributed by atoms with van der Waals surface area (Å²) < 4.78 is 15.6. The van der Waals surface area contributed by atoms with E-state index < -0.39 is 0 Å². The van der Waals surface area contributed by atoms with Gasteiger partial charge >= 0.3 is 0 Å². The molecule has 2 aromatic heterocycles. The van der Waals surface area contributed by atoms with Gasteiger partial charge in [0, 0.05) is 24.6 Å². The zero-order chi connectivity index (χ0) is 18.5. The minimum absolute atomic E-state index is 0.290. The van der Waals surface area contributed by atoms with Gasteiger partial charge in [-0.1, -0.05) is 12.1 Å². The van der Waals surface area contributed by atoms with Gasteiger partial charge in [0.05, 0.1) is 42.9 Å². The van der Waals surface area contributed by atoms with E-state index in [9.17, 15) is 0 Å². The van der Waals surface area contributed by atoms with Gasteiger partial charge in [0.2, 0.25) is 12.6 Å². The van der Waals surface area contributed by atoms with Crippen molar-refractivity contribution in [3.63, 3.8) is 0 Å². The van der Waals surface area contributed by atoms with Crippen LogP contribution in [0.3, 0.4) is 0 Å². The maximum absolute atomic E-state index is 5.54. The van der Waals surface area contributed by atoms with Crippen LogP contribution in [0.1, 0.15) is 12.8 Å². The Balaban J connectivity index is 1.44. The molecule has 0 atom stereocenters. The highest BCUT2D eigenvalue weighted by molar-refractivity contribution is 5.82. The molecule has 6 heteroatoms. The fourth-order valence-electron chi connectivity index (χ4n) is 4.55. The number of hydrogen-bond donors (Lipinski definition) is 1. The third kappa shape index (κ3) is 2.48. The van der Waals surface area contributed by atoms with Crippen LogP contribution in [0.15, 0.2) is 48.7 Å². The molecule has 2 aliphatic rings. The first kappa shape index (κ1) is 16.0. The predicted octanol–water partition coefficient (Wildman–Crippen LogP) is 2.36. The fraction of sp³-hybridized carbons (Fsp3) is 0.318. The number of quaternary nitrogens is 1. The number of aromatic nitrogens is 3. The monoisotopic (exact) mass is 375 g/mol. The van der Waals surface area contributed by atoms with Crippen molar-refractivity contribution in [2.24, 2.45) is 0 Å². The number of fused-ring (bicyclic) bond motifs is 4. The Morgan fingerprint density at radius 3 is 2.68 bits per heavy atom. The lowest BCUT2D eigenvalue weighted by Crippen LogP contribution is -3.10. The summed E-state index contributed by atoms with van der Waals surface area (Å²) in [4.78, 5) is 6.72. The second-order valence-corrected chi connectivity index (χ2v) is 7.71. The van der Waals surface area contributed by atoms with Crippen LogP contribution >= 0.6 is 0 Å². The molecule has 0 spiro atoms. The average Bonchev–Trinajstić information content (AvgIpc) is 3.49. The summed E-state index contributed by atoms with van der Waals surface area (Å²) in [6, 6.07) is 14.6. The highest BCUT2D eigenvalue weighted by Gasteiger charge is 2.20. The van der Waals surface area contributed by atoms with Gasteiger partial charge in [-0.25, -0.2) is 4.98 Å². The Bertz CT molecular complexity index is 1170. The zero-order valence-corrected chi connectivity index (χ0v) is 15.7. The van der Waals surface area contributed by atoms with E-state index in [2.05, 4.69) is 45.5 Å². The minimum Gasteiger partial charge on any atom is -0.454 e. The third-order valence-corrected chi connectivity index (χ3v) is 6.03. The Hall–Kier alpha value is -2.99. The number of benzene rings is 2. The Morgan fingerprint density at radius 2 is 1.79 bits per heavy atom. The third-order valence-electron chi connectivity index (χ3n) is 6.03. The Morgan fingerprint density at radius 1 is 0.964 bits per heavy atom. The number of nitrogens with one attached hydrogen (secondary N) is 1. The van der Waals surface area contributed by atoms with Crippen molar-refractivity contribution in [3.05, 3.63) is 48.7 Å². The highest BCUT2D eigenvalue weighted by atomic mass is 16.7. The van der Waals surface area contributed by atoms with E-state index in [-0.39, 0.29) is 0 Å². The largest absolute Gasteiger partial charge is 0.454 e. The predicted molar refractivity (Wildman–Crippen MR) is 107 cm³/mol. The number of hydrogen-bond acceptors (Lipinski definition) is 3. The second kappa shape index (κ2) is 6.27. The van der Waals surface area contributed by atoms with Gasteiger partial charge in [-0.05, 0) is 30.3 Å². The van der Waals surface area contributed by atoms with Gasteiger partial charge in [0.15, 0.2) is 11.5 Å². The number of nitrogens with zero attached hydrogens (tertiary/aromatic N) is 3. The van der Waals surface area contributed by atoms with Crippen molar-refractivity contribution < 1.29 is 14.4 Å². The van der Waals surface area contributed by atoms with E-state index in [0.717, 1.165) is 41.6 Å². The van der Waals surface area contributed by atoms with Crippen LogP contribution in [0.5, 0.6) is 11.5 Å². The number of rotatable bonds is 4. The summed E-state index contributed by atoms with van der Waals surface area (Å²) in [7, 11) is 0. The molecule has 4 heterocycles. The standard InChI is InChI=1S/C22H22N4O2/c1-2-6-19-18(5-1)25(12-11-24-9-3-4-10-24)22-23-17(14-26(19)22)16-7-8-20-21(13-16)28-15-27-20/h1-2,5-8,13-14H,3-4,9-12,15H2/p+1. The summed E-state index contributed by atoms with van der Waals surface area (Å²) in [6.07, 6.45) is 4.85. The van der Waals surface area contributed by atoms with E-state index in [4.69, 9.17) is 14.5 Å². The van der Waals surface area contributed by atoms with Gasteiger partial charge < -0.3 is 18.9 Å². The topological polar surface area (TPSA) is 45.1 Å². The lowest BCUT2D eigenvalue weighted by molar-refractivity contribution is -0.887. The van der Waals surface area contributed by atoms with Crippen LogP contribution in [0, 0.1) is 0 Å². The molecule has 1 fully saturated rings. The van der Waals surface area contributed by atoms with E-state index in [1.807, 2.05) is 12.1 Å². The van der Waals surface area contributed by atoms with Gasteiger partial charge in [-0.3, -0.25) is 4.40 Å². The van der Waals surface area contributed by atoms with Crippen molar-refractivity contribution >= 4 is 16.8 Å². The normalized spacial score (nSPS) is 16.6. The van der Waals surface area contributed by atoms with Crippen molar-refractivity contribution in [3.8, 4) is 22.8 Å². The molecule has 6 rings (SSSR count). The van der Waals surface area contributed by atoms with Gasteiger partial charge in [0.25, 0.3) is 0 Å². The number of para-hydroxylation sites is 2. The maximum atomic E-state index is 5.54. The van der Waals surface area contributed by atoms with Gasteiger partial charge in [0.1, 0.15) is 0 Å². The molecule has 6 nitrogen and oxygen atoms in total. The van der Waals surface area contributed by atoms with Crippen LogP contribution < -0.4 is 14.4 Å². The van der Waals surface area contributed by atoms with E-state index in [1.54, 1.807) is 4.90 Å². The average molecular weight is 375 g/mol. The molecule has 0 radical (unpaired) electrons. The summed E-state index contributed by atoms with van der Waals surface area (Å²) in [5.41, 5.74) is 4.46. The molecule has 0 aliphatic carbocycles. The fourth-order valence-corrected chi connectivity index (χ4v) is 4.55. The molecule has 0 bridgehead atoms. The molecule has 0 unspecified atom stereocenters.